The summed E-state index contributed by atoms with van der Waals surface area (Å²) in [6.45, 7) is 4.22. The van der Waals surface area contributed by atoms with Gasteiger partial charge in [-0.15, -0.1) is 0 Å². The van der Waals surface area contributed by atoms with Crippen molar-refractivity contribution >= 4 is 5.97 Å². The SMILES string of the molecule is COc1cc(-c2ccc(OCC=C(C)C)c(C(=O)O)c2)cc(OC)c1OC. The van der Waals surface area contributed by atoms with Crippen molar-refractivity contribution in [3.05, 3.63) is 47.5 Å². The maximum Gasteiger partial charge on any atom is 0.339 e. The normalized spacial score (nSPS) is 10.1. The van der Waals surface area contributed by atoms with Crippen LogP contribution in [-0.2, 0) is 0 Å². The first-order valence-corrected chi connectivity index (χ1v) is 8.35. The van der Waals surface area contributed by atoms with Crippen LogP contribution in [0.1, 0.15) is 24.2 Å². The lowest BCUT2D eigenvalue weighted by atomic mass is 10.0. The molecule has 2 aromatic carbocycles. The van der Waals surface area contributed by atoms with Gasteiger partial charge in [0.05, 0.1) is 21.3 Å². The molecule has 1 N–H and O–H groups in total. The van der Waals surface area contributed by atoms with Crippen molar-refractivity contribution in [3.63, 3.8) is 0 Å². The van der Waals surface area contributed by atoms with Crippen LogP contribution in [0.4, 0.5) is 0 Å². The van der Waals surface area contributed by atoms with Crippen LogP contribution in [0.25, 0.3) is 11.1 Å². The van der Waals surface area contributed by atoms with Crippen LogP contribution in [0.5, 0.6) is 23.0 Å². The third-order valence-electron chi connectivity index (χ3n) is 3.94. The molecule has 6 nitrogen and oxygen atoms in total. The minimum Gasteiger partial charge on any atom is -0.493 e. The monoisotopic (exact) mass is 372 g/mol. The Bertz CT molecular complexity index is 825. The van der Waals surface area contributed by atoms with Crippen LogP contribution in [-0.4, -0.2) is 39.0 Å². The van der Waals surface area contributed by atoms with E-state index in [1.165, 1.54) is 21.3 Å². The van der Waals surface area contributed by atoms with Gasteiger partial charge in [0.1, 0.15) is 17.9 Å². The summed E-state index contributed by atoms with van der Waals surface area (Å²) in [6.07, 6.45) is 1.89. The fourth-order valence-corrected chi connectivity index (χ4v) is 2.55. The summed E-state index contributed by atoms with van der Waals surface area (Å²) in [7, 11) is 4.59. The Morgan fingerprint density at radius 2 is 1.56 bits per heavy atom. The van der Waals surface area contributed by atoms with Gasteiger partial charge in [0, 0.05) is 0 Å². The Balaban J connectivity index is 2.48. The van der Waals surface area contributed by atoms with E-state index >= 15 is 0 Å². The molecule has 0 atom stereocenters. The Morgan fingerprint density at radius 3 is 2.04 bits per heavy atom. The molecule has 0 fully saturated rings. The topological polar surface area (TPSA) is 74.2 Å². The van der Waals surface area contributed by atoms with Crippen LogP contribution in [0.2, 0.25) is 0 Å². The van der Waals surface area contributed by atoms with E-state index in [4.69, 9.17) is 18.9 Å². The van der Waals surface area contributed by atoms with E-state index < -0.39 is 5.97 Å². The van der Waals surface area contributed by atoms with Crippen LogP contribution in [0, 0.1) is 0 Å². The summed E-state index contributed by atoms with van der Waals surface area (Å²) in [4.78, 5) is 11.7. The predicted octanol–water partition coefficient (Wildman–Crippen LogP) is 4.42. The van der Waals surface area contributed by atoms with Crippen LogP contribution in [0.15, 0.2) is 42.0 Å². The molecule has 0 aliphatic carbocycles. The second kappa shape index (κ2) is 8.98. The van der Waals surface area contributed by atoms with Gasteiger partial charge in [-0.1, -0.05) is 11.6 Å². The first kappa shape index (κ1) is 20.2. The van der Waals surface area contributed by atoms with Gasteiger partial charge in [0.25, 0.3) is 0 Å². The van der Waals surface area contributed by atoms with Crippen molar-refractivity contribution in [2.45, 2.75) is 13.8 Å². The van der Waals surface area contributed by atoms with Gasteiger partial charge in [0.15, 0.2) is 11.5 Å². The van der Waals surface area contributed by atoms with E-state index in [0.29, 0.717) is 35.2 Å². The highest BCUT2D eigenvalue weighted by Gasteiger charge is 2.17. The molecule has 0 amide bonds. The van der Waals surface area contributed by atoms with Gasteiger partial charge >= 0.3 is 5.97 Å². The summed E-state index contributed by atoms with van der Waals surface area (Å²) in [5, 5.41) is 9.56. The molecule has 0 saturated heterocycles. The van der Waals surface area contributed by atoms with E-state index in [0.717, 1.165) is 11.1 Å². The standard InChI is InChI=1S/C21H24O6/c1-13(2)8-9-27-17-7-6-14(10-16(17)21(22)23)15-11-18(24-3)20(26-5)19(12-15)25-4/h6-8,10-12H,9H2,1-5H3,(H,22,23). The highest BCUT2D eigenvalue weighted by molar-refractivity contribution is 5.93. The highest BCUT2D eigenvalue weighted by Crippen LogP contribution is 2.41. The number of hydrogen-bond donors (Lipinski definition) is 1. The van der Waals surface area contributed by atoms with Crippen molar-refractivity contribution in [3.8, 4) is 34.1 Å². The smallest absolute Gasteiger partial charge is 0.339 e. The zero-order chi connectivity index (χ0) is 20.0. The maximum atomic E-state index is 11.7. The number of carbonyl (C=O) groups is 1. The number of aromatic carboxylic acids is 1. The largest absolute Gasteiger partial charge is 0.493 e. The lowest BCUT2D eigenvalue weighted by molar-refractivity contribution is 0.0693. The van der Waals surface area contributed by atoms with Crippen molar-refractivity contribution in [2.75, 3.05) is 27.9 Å². The zero-order valence-corrected chi connectivity index (χ0v) is 16.2. The Labute approximate surface area is 158 Å². The molecule has 2 aromatic rings. The second-order valence-corrected chi connectivity index (χ2v) is 6.02. The Morgan fingerprint density at radius 1 is 0.926 bits per heavy atom. The number of carboxylic acids is 1. The summed E-state index contributed by atoms with van der Waals surface area (Å²) in [5.41, 5.74) is 2.62. The first-order valence-electron chi connectivity index (χ1n) is 8.35. The molecular weight excluding hydrogens is 348 g/mol. The number of carboxylic acid groups (broad SMARTS) is 1. The molecule has 0 heterocycles. The lowest BCUT2D eigenvalue weighted by Crippen LogP contribution is -2.04. The van der Waals surface area contributed by atoms with Crippen molar-refractivity contribution in [1.82, 2.24) is 0 Å². The molecule has 0 unspecified atom stereocenters. The fraction of sp³-hybridized carbons (Fsp3) is 0.286. The van der Waals surface area contributed by atoms with Gasteiger partial charge < -0.3 is 24.1 Å². The molecule has 0 radical (unpaired) electrons. The summed E-state index contributed by atoms with van der Waals surface area (Å²) in [6, 6.07) is 8.56. The quantitative estimate of drug-likeness (QED) is 0.691. The minimum absolute atomic E-state index is 0.0865. The van der Waals surface area contributed by atoms with Gasteiger partial charge in [0.2, 0.25) is 5.75 Å². The number of ether oxygens (including phenoxy) is 4. The summed E-state index contributed by atoms with van der Waals surface area (Å²) in [5.74, 6) is 0.719. The fourth-order valence-electron chi connectivity index (χ4n) is 2.55. The number of rotatable bonds is 8. The van der Waals surface area contributed by atoms with Gasteiger partial charge in [-0.2, -0.15) is 0 Å². The van der Waals surface area contributed by atoms with Gasteiger partial charge in [-0.05, 0) is 55.3 Å². The average Bonchev–Trinajstić information content (AvgIpc) is 2.66. The second-order valence-electron chi connectivity index (χ2n) is 6.02. The Kier molecular flexibility index (Phi) is 6.71. The molecule has 144 valence electrons. The predicted molar refractivity (Wildman–Crippen MR) is 103 cm³/mol. The van der Waals surface area contributed by atoms with Gasteiger partial charge in [-0.3, -0.25) is 0 Å². The zero-order valence-electron chi connectivity index (χ0n) is 16.2. The Hall–Kier alpha value is -3.15. The van der Waals surface area contributed by atoms with Crippen LogP contribution >= 0.6 is 0 Å². The molecular formula is C21H24O6. The number of hydrogen-bond acceptors (Lipinski definition) is 5. The molecule has 2 rings (SSSR count). The average molecular weight is 372 g/mol. The van der Waals surface area contributed by atoms with Crippen molar-refractivity contribution in [1.29, 1.82) is 0 Å². The maximum absolute atomic E-state index is 11.7. The molecule has 0 aliphatic heterocycles. The molecule has 0 saturated carbocycles. The van der Waals surface area contributed by atoms with E-state index in [-0.39, 0.29) is 5.56 Å². The van der Waals surface area contributed by atoms with E-state index in [1.807, 2.05) is 19.9 Å². The molecule has 27 heavy (non-hydrogen) atoms. The first-order chi connectivity index (χ1) is 12.9. The minimum atomic E-state index is -1.06. The number of benzene rings is 2. The van der Waals surface area contributed by atoms with Crippen molar-refractivity contribution in [2.24, 2.45) is 0 Å². The van der Waals surface area contributed by atoms with E-state index in [1.54, 1.807) is 30.3 Å². The van der Waals surface area contributed by atoms with Crippen molar-refractivity contribution < 1.29 is 28.8 Å². The van der Waals surface area contributed by atoms with Crippen LogP contribution in [0.3, 0.4) is 0 Å². The third-order valence-corrected chi connectivity index (χ3v) is 3.94. The molecule has 0 spiro atoms. The highest BCUT2D eigenvalue weighted by atomic mass is 16.5. The molecule has 6 heteroatoms. The summed E-state index contributed by atoms with van der Waals surface area (Å²) < 4.78 is 21.7. The van der Waals surface area contributed by atoms with E-state index in [2.05, 4.69) is 0 Å². The van der Waals surface area contributed by atoms with E-state index in [9.17, 15) is 9.90 Å². The third kappa shape index (κ3) is 4.73. The molecule has 0 bridgehead atoms. The number of allylic oxidation sites excluding steroid dienone is 1. The molecule has 0 aliphatic rings. The lowest BCUT2D eigenvalue weighted by Gasteiger charge is -2.15. The number of methoxy groups -OCH3 is 3. The van der Waals surface area contributed by atoms with Gasteiger partial charge in [-0.25, -0.2) is 4.79 Å². The molecule has 0 aromatic heterocycles. The summed E-state index contributed by atoms with van der Waals surface area (Å²) >= 11 is 0. The van der Waals surface area contributed by atoms with Crippen LogP contribution < -0.4 is 18.9 Å².